The molecule has 74 valence electrons. The van der Waals surface area contributed by atoms with Gasteiger partial charge in [-0.2, -0.15) is 0 Å². The minimum Gasteiger partial charge on any atom is -0.295 e. The van der Waals surface area contributed by atoms with Crippen molar-refractivity contribution in [2.75, 3.05) is 0 Å². The van der Waals surface area contributed by atoms with Gasteiger partial charge < -0.3 is 0 Å². The first-order valence-electron chi connectivity index (χ1n) is 4.29. The number of rotatable bonds is 0. The highest BCUT2D eigenvalue weighted by molar-refractivity contribution is 6.08. The van der Waals surface area contributed by atoms with Crippen LogP contribution in [0.4, 0.5) is 0 Å². The molecule has 1 aliphatic carbocycles. The second kappa shape index (κ2) is 4.35. The normalized spacial score (nSPS) is 24.1. The third-order valence-corrected chi connectivity index (χ3v) is 2.60. The van der Waals surface area contributed by atoms with Crippen LogP contribution in [0.2, 0.25) is 0 Å². The molecule has 0 aromatic heterocycles. The highest BCUT2D eigenvalue weighted by atomic mass is 16.1. The molecule has 0 aliphatic heterocycles. The van der Waals surface area contributed by atoms with E-state index >= 15 is 0 Å². The summed E-state index contributed by atoms with van der Waals surface area (Å²) in [6, 6.07) is 0. The molecule has 0 spiro atoms. The first kappa shape index (κ1) is 12.1. The van der Waals surface area contributed by atoms with Crippen molar-refractivity contribution in [3.05, 3.63) is 11.1 Å². The van der Waals surface area contributed by atoms with Crippen molar-refractivity contribution in [2.45, 2.75) is 41.0 Å². The molecule has 0 aromatic rings. The molecular formula is C11H18O2. The first-order valence-corrected chi connectivity index (χ1v) is 4.29. The van der Waals surface area contributed by atoms with Crippen LogP contribution in [0.15, 0.2) is 11.1 Å². The van der Waals surface area contributed by atoms with Gasteiger partial charge >= 0.3 is 0 Å². The Morgan fingerprint density at radius 3 is 2.23 bits per heavy atom. The minimum absolute atomic E-state index is 0. The van der Waals surface area contributed by atoms with Gasteiger partial charge in [0.05, 0.1) is 0 Å². The molecule has 0 amide bonds. The topological polar surface area (TPSA) is 34.1 Å². The summed E-state index contributed by atoms with van der Waals surface area (Å²) >= 11 is 0. The quantitative estimate of drug-likeness (QED) is 0.577. The smallest absolute Gasteiger partial charge is 0.161 e. The summed E-state index contributed by atoms with van der Waals surface area (Å²) in [5, 5.41) is 0. The average Bonchev–Trinajstić information content (AvgIpc) is 2.14. The summed E-state index contributed by atoms with van der Waals surface area (Å²) in [4.78, 5) is 22.8. The van der Waals surface area contributed by atoms with Crippen molar-refractivity contribution >= 4 is 11.6 Å². The number of carbonyl (C=O) groups excluding carboxylic acids is 2. The maximum Gasteiger partial charge on any atom is 0.161 e. The number of ketones is 2. The Morgan fingerprint density at radius 1 is 1.15 bits per heavy atom. The predicted octanol–water partition coefficient (Wildman–Crippen LogP) is 2.53. The second-order valence-electron chi connectivity index (χ2n) is 3.48. The summed E-state index contributed by atoms with van der Waals surface area (Å²) in [6.07, 6.45) is 1.22. The predicted molar refractivity (Wildman–Crippen MR) is 53.5 cm³/mol. The zero-order chi connectivity index (χ0) is 9.30. The van der Waals surface area contributed by atoms with Gasteiger partial charge in [0.1, 0.15) is 0 Å². The van der Waals surface area contributed by atoms with E-state index in [1.165, 1.54) is 0 Å². The molecule has 0 heterocycles. The summed E-state index contributed by atoms with van der Waals surface area (Å²) in [5.41, 5.74) is 1.31. The van der Waals surface area contributed by atoms with Gasteiger partial charge in [-0.25, -0.2) is 0 Å². The molecule has 0 fully saturated rings. The molecule has 1 rings (SSSR count). The highest BCUT2D eigenvalue weighted by Gasteiger charge is 2.23. The standard InChI is InChI=1S/C10H14O2.CH4/c1-6-4-5-9(11)7(2)8(3)10(6)12;/h6H,4-5H2,1-3H3;1H4. The van der Waals surface area contributed by atoms with Crippen LogP contribution in [0.25, 0.3) is 0 Å². The molecule has 0 bridgehead atoms. The number of hydrogen-bond donors (Lipinski definition) is 0. The number of Topliss-reactive ketones (excluding diaryl/α,β-unsaturated/α-hetero) is 2. The fraction of sp³-hybridized carbons (Fsp3) is 0.636. The lowest BCUT2D eigenvalue weighted by atomic mass is 9.98. The zero-order valence-electron chi connectivity index (χ0n) is 7.81. The van der Waals surface area contributed by atoms with E-state index in [4.69, 9.17) is 0 Å². The van der Waals surface area contributed by atoms with Gasteiger partial charge in [-0.15, -0.1) is 0 Å². The molecular weight excluding hydrogens is 164 g/mol. The monoisotopic (exact) mass is 182 g/mol. The van der Waals surface area contributed by atoms with E-state index in [2.05, 4.69) is 0 Å². The lowest BCUT2D eigenvalue weighted by Gasteiger charge is -2.04. The number of hydrogen-bond acceptors (Lipinski definition) is 2. The molecule has 0 N–H and O–H groups in total. The lowest BCUT2D eigenvalue weighted by Crippen LogP contribution is -2.10. The lowest BCUT2D eigenvalue weighted by molar-refractivity contribution is -0.118. The fourth-order valence-corrected chi connectivity index (χ4v) is 1.43. The highest BCUT2D eigenvalue weighted by Crippen LogP contribution is 2.21. The summed E-state index contributed by atoms with van der Waals surface area (Å²) in [6.45, 7) is 5.38. The Morgan fingerprint density at radius 2 is 1.69 bits per heavy atom. The van der Waals surface area contributed by atoms with Crippen molar-refractivity contribution < 1.29 is 9.59 Å². The van der Waals surface area contributed by atoms with E-state index in [1.807, 2.05) is 6.92 Å². The zero-order valence-corrected chi connectivity index (χ0v) is 7.81. The largest absolute Gasteiger partial charge is 0.295 e. The minimum atomic E-state index is 0. The second-order valence-corrected chi connectivity index (χ2v) is 3.48. The molecule has 13 heavy (non-hydrogen) atoms. The van der Waals surface area contributed by atoms with Crippen LogP contribution in [0.1, 0.15) is 41.0 Å². The number of allylic oxidation sites excluding steroid dienone is 2. The van der Waals surface area contributed by atoms with Crippen molar-refractivity contribution in [3.8, 4) is 0 Å². The molecule has 0 radical (unpaired) electrons. The maximum absolute atomic E-state index is 11.5. The Bertz CT molecular complexity index is 261. The van der Waals surface area contributed by atoms with E-state index in [-0.39, 0.29) is 24.9 Å². The van der Waals surface area contributed by atoms with Crippen molar-refractivity contribution in [1.82, 2.24) is 0 Å². The third kappa shape index (κ3) is 2.27. The first-order chi connectivity index (χ1) is 5.54. The molecule has 1 atom stereocenters. The Balaban J connectivity index is 0.00000144. The molecule has 0 saturated carbocycles. The van der Waals surface area contributed by atoms with Crippen molar-refractivity contribution in [1.29, 1.82) is 0 Å². The van der Waals surface area contributed by atoms with Crippen LogP contribution in [-0.4, -0.2) is 11.6 Å². The van der Waals surface area contributed by atoms with Crippen molar-refractivity contribution in [2.24, 2.45) is 5.92 Å². The van der Waals surface area contributed by atoms with Crippen molar-refractivity contribution in [3.63, 3.8) is 0 Å². The van der Waals surface area contributed by atoms with E-state index in [9.17, 15) is 9.59 Å². The molecule has 0 saturated heterocycles. The van der Waals surface area contributed by atoms with Crippen LogP contribution in [0.5, 0.6) is 0 Å². The molecule has 2 nitrogen and oxygen atoms in total. The Labute approximate surface area is 80.0 Å². The van der Waals surface area contributed by atoms with E-state index in [1.54, 1.807) is 13.8 Å². The SMILES string of the molecule is C.CC1=C(C)C(=O)C(C)CCC1=O. The van der Waals surface area contributed by atoms with E-state index < -0.39 is 0 Å². The molecule has 1 unspecified atom stereocenters. The van der Waals surface area contributed by atoms with Crippen LogP contribution in [-0.2, 0) is 9.59 Å². The van der Waals surface area contributed by atoms with E-state index in [0.717, 1.165) is 0 Å². The van der Waals surface area contributed by atoms with Crippen LogP contribution in [0, 0.1) is 5.92 Å². The number of carbonyl (C=O) groups is 2. The van der Waals surface area contributed by atoms with Gasteiger partial charge in [0.15, 0.2) is 11.6 Å². The van der Waals surface area contributed by atoms with Crippen LogP contribution >= 0.6 is 0 Å². The van der Waals surface area contributed by atoms with Crippen LogP contribution < -0.4 is 0 Å². The Hall–Kier alpha value is -0.920. The summed E-state index contributed by atoms with van der Waals surface area (Å²) < 4.78 is 0. The molecule has 1 aliphatic rings. The van der Waals surface area contributed by atoms with Gasteiger partial charge in [-0.05, 0) is 31.4 Å². The maximum atomic E-state index is 11.5. The summed E-state index contributed by atoms with van der Waals surface area (Å²) in [5.74, 6) is 0.287. The molecule has 2 heteroatoms. The average molecular weight is 182 g/mol. The van der Waals surface area contributed by atoms with E-state index in [0.29, 0.717) is 24.0 Å². The molecule has 0 aromatic carbocycles. The van der Waals surface area contributed by atoms with Gasteiger partial charge in [0.2, 0.25) is 0 Å². The summed E-state index contributed by atoms with van der Waals surface area (Å²) in [7, 11) is 0. The Kier molecular flexibility index (Phi) is 4.05. The third-order valence-electron chi connectivity index (χ3n) is 2.60. The van der Waals surface area contributed by atoms with Gasteiger partial charge in [0, 0.05) is 12.3 Å². The van der Waals surface area contributed by atoms with Gasteiger partial charge in [0.25, 0.3) is 0 Å². The fourth-order valence-electron chi connectivity index (χ4n) is 1.43. The van der Waals surface area contributed by atoms with Crippen LogP contribution in [0.3, 0.4) is 0 Å². The van der Waals surface area contributed by atoms with Gasteiger partial charge in [-0.1, -0.05) is 14.4 Å². The van der Waals surface area contributed by atoms with Gasteiger partial charge in [-0.3, -0.25) is 9.59 Å².